The summed E-state index contributed by atoms with van der Waals surface area (Å²) in [5.41, 5.74) is 3.16. The molecule has 2 aromatic carbocycles. The molecule has 2 aliphatic rings. The molecule has 1 N–H and O–H groups in total. The van der Waals surface area contributed by atoms with E-state index in [2.05, 4.69) is 0 Å². The van der Waals surface area contributed by atoms with E-state index in [0.29, 0.717) is 25.5 Å². The van der Waals surface area contributed by atoms with Crippen LogP contribution in [0.4, 0.5) is 0 Å². The third kappa shape index (κ3) is 3.98. The fourth-order valence-electron chi connectivity index (χ4n) is 4.13. The van der Waals surface area contributed by atoms with Crippen molar-refractivity contribution < 1.29 is 24.2 Å². The van der Waals surface area contributed by atoms with Gasteiger partial charge in [0.25, 0.3) is 0 Å². The standard InChI is InChI=1S/C23H25NO5/c1-15-4-2-3-5-19(15)20-14-29-21-12-17(23(26)27)6-7-18(21)13-24(20)22(25)16-8-10-28-11-9-16/h2-7,12,16,20H,8-11,13-14H2,1H3,(H,26,27)/t20-/m1/s1. The minimum absolute atomic E-state index is 0.0601. The molecule has 0 spiro atoms. The zero-order chi connectivity index (χ0) is 20.4. The van der Waals surface area contributed by atoms with E-state index >= 15 is 0 Å². The van der Waals surface area contributed by atoms with E-state index in [1.807, 2.05) is 36.1 Å². The van der Waals surface area contributed by atoms with Gasteiger partial charge in [-0.25, -0.2) is 4.79 Å². The molecule has 2 heterocycles. The molecule has 0 radical (unpaired) electrons. The van der Waals surface area contributed by atoms with Crippen LogP contribution >= 0.6 is 0 Å². The Balaban J connectivity index is 1.72. The summed E-state index contributed by atoms with van der Waals surface area (Å²) in [6.07, 6.45) is 1.45. The number of carboxylic acids is 1. The van der Waals surface area contributed by atoms with Crippen LogP contribution in [0.2, 0.25) is 0 Å². The van der Waals surface area contributed by atoms with E-state index in [0.717, 1.165) is 29.5 Å². The Morgan fingerprint density at radius 1 is 1.10 bits per heavy atom. The Hall–Kier alpha value is -2.86. The molecule has 2 aromatic rings. The van der Waals surface area contributed by atoms with Gasteiger partial charge < -0.3 is 19.5 Å². The Labute approximate surface area is 170 Å². The topological polar surface area (TPSA) is 76.1 Å². The van der Waals surface area contributed by atoms with Crippen molar-refractivity contribution in [3.05, 3.63) is 64.7 Å². The third-order valence-electron chi connectivity index (χ3n) is 5.83. The summed E-state index contributed by atoms with van der Waals surface area (Å²) >= 11 is 0. The van der Waals surface area contributed by atoms with Crippen molar-refractivity contribution in [1.29, 1.82) is 0 Å². The Bertz CT molecular complexity index is 919. The number of rotatable bonds is 3. The number of benzene rings is 2. The number of carboxylic acid groups (broad SMARTS) is 1. The first kappa shape index (κ1) is 19.5. The third-order valence-corrected chi connectivity index (χ3v) is 5.83. The maximum Gasteiger partial charge on any atom is 0.335 e. The van der Waals surface area contributed by atoms with Crippen LogP contribution in [0.3, 0.4) is 0 Å². The van der Waals surface area contributed by atoms with Crippen LogP contribution in [0.25, 0.3) is 0 Å². The number of carbonyl (C=O) groups is 2. The molecule has 6 nitrogen and oxygen atoms in total. The molecule has 0 aromatic heterocycles. The smallest absolute Gasteiger partial charge is 0.335 e. The first-order chi connectivity index (χ1) is 14.0. The zero-order valence-electron chi connectivity index (χ0n) is 16.5. The number of aryl methyl sites for hydroxylation is 1. The number of nitrogens with zero attached hydrogens (tertiary/aromatic N) is 1. The minimum atomic E-state index is -0.994. The average Bonchev–Trinajstić information content (AvgIpc) is 2.93. The van der Waals surface area contributed by atoms with Crippen LogP contribution < -0.4 is 4.74 Å². The lowest BCUT2D eigenvalue weighted by molar-refractivity contribution is -0.142. The summed E-state index contributed by atoms with van der Waals surface area (Å²) in [5.74, 6) is -0.410. The van der Waals surface area contributed by atoms with Crippen molar-refractivity contribution in [2.24, 2.45) is 5.92 Å². The minimum Gasteiger partial charge on any atom is -0.491 e. The molecule has 4 rings (SSSR count). The number of hydrogen-bond donors (Lipinski definition) is 1. The molecule has 0 aliphatic carbocycles. The van der Waals surface area contributed by atoms with Gasteiger partial charge in [0.15, 0.2) is 0 Å². The van der Waals surface area contributed by atoms with Crippen molar-refractivity contribution in [2.75, 3.05) is 19.8 Å². The van der Waals surface area contributed by atoms with Gasteiger partial charge in [-0.2, -0.15) is 0 Å². The van der Waals surface area contributed by atoms with E-state index in [-0.39, 0.29) is 30.0 Å². The highest BCUT2D eigenvalue weighted by molar-refractivity contribution is 5.88. The molecule has 0 saturated carbocycles. The predicted octanol–water partition coefficient (Wildman–Crippen LogP) is 3.58. The van der Waals surface area contributed by atoms with Crippen molar-refractivity contribution in [1.82, 2.24) is 4.90 Å². The lowest BCUT2D eigenvalue weighted by Crippen LogP contribution is -2.41. The Kier molecular flexibility index (Phi) is 5.53. The van der Waals surface area contributed by atoms with Gasteiger partial charge >= 0.3 is 5.97 Å². The van der Waals surface area contributed by atoms with E-state index in [1.165, 1.54) is 0 Å². The van der Waals surface area contributed by atoms with Crippen LogP contribution in [0, 0.1) is 12.8 Å². The molecule has 1 saturated heterocycles. The predicted molar refractivity (Wildman–Crippen MR) is 107 cm³/mol. The van der Waals surface area contributed by atoms with Gasteiger partial charge in [0.2, 0.25) is 5.91 Å². The van der Waals surface area contributed by atoms with E-state index in [1.54, 1.807) is 18.2 Å². The normalized spacial score (nSPS) is 19.8. The highest BCUT2D eigenvalue weighted by Crippen LogP contribution is 2.35. The number of ether oxygens (including phenoxy) is 2. The monoisotopic (exact) mass is 395 g/mol. The van der Waals surface area contributed by atoms with Crippen molar-refractivity contribution in [2.45, 2.75) is 32.4 Å². The molecule has 1 fully saturated rings. The fraction of sp³-hybridized carbons (Fsp3) is 0.391. The molecule has 6 heteroatoms. The summed E-state index contributed by atoms with van der Waals surface area (Å²) in [6, 6.07) is 12.7. The Morgan fingerprint density at radius 3 is 2.59 bits per heavy atom. The maximum absolute atomic E-state index is 13.5. The zero-order valence-corrected chi connectivity index (χ0v) is 16.5. The first-order valence-electron chi connectivity index (χ1n) is 9.97. The molecule has 0 unspecified atom stereocenters. The van der Waals surface area contributed by atoms with Crippen LogP contribution in [0.5, 0.6) is 5.75 Å². The number of fused-ring (bicyclic) bond motifs is 1. The number of carbonyl (C=O) groups excluding carboxylic acids is 1. The quantitative estimate of drug-likeness (QED) is 0.860. The summed E-state index contributed by atoms with van der Waals surface area (Å²) < 4.78 is 11.5. The van der Waals surface area contributed by atoms with Crippen molar-refractivity contribution in [3.8, 4) is 5.75 Å². The van der Waals surface area contributed by atoms with Crippen LogP contribution in [-0.4, -0.2) is 41.7 Å². The van der Waals surface area contributed by atoms with Gasteiger partial charge in [0, 0.05) is 24.7 Å². The molecule has 152 valence electrons. The van der Waals surface area contributed by atoms with E-state index < -0.39 is 5.97 Å². The maximum atomic E-state index is 13.5. The number of aromatic carboxylic acids is 1. The highest BCUT2D eigenvalue weighted by atomic mass is 16.5. The van der Waals surface area contributed by atoms with Gasteiger partial charge in [-0.15, -0.1) is 0 Å². The van der Waals surface area contributed by atoms with Gasteiger partial charge in [-0.3, -0.25) is 4.79 Å². The van der Waals surface area contributed by atoms with Crippen molar-refractivity contribution in [3.63, 3.8) is 0 Å². The second kappa shape index (κ2) is 8.25. The van der Waals surface area contributed by atoms with Crippen LogP contribution in [-0.2, 0) is 16.1 Å². The summed E-state index contributed by atoms with van der Waals surface area (Å²) in [7, 11) is 0. The lowest BCUT2D eigenvalue weighted by atomic mass is 9.94. The molecule has 2 aliphatic heterocycles. The van der Waals surface area contributed by atoms with Gasteiger partial charge in [0.05, 0.1) is 18.2 Å². The second-order valence-electron chi connectivity index (χ2n) is 7.66. The van der Waals surface area contributed by atoms with E-state index in [4.69, 9.17) is 9.47 Å². The summed E-state index contributed by atoms with van der Waals surface area (Å²) in [5, 5.41) is 9.30. The van der Waals surface area contributed by atoms with Gasteiger partial charge in [-0.05, 0) is 43.0 Å². The van der Waals surface area contributed by atoms with Crippen LogP contribution in [0.1, 0.15) is 45.9 Å². The largest absolute Gasteiger partial charge is 0.491 e. The second-order valence-corrected chi connectivity index (χ2v) is 7.66. The molecule has 1 atom stereocenters. The molecule has 0 bridgehead atoms. The number of hydrogen-bond acceptors (Lipinski definition) is 4. The first-order valence-corrected chi connectivity index (χ1v) is 9.97. The number of amides is 1. The highest BCUT2D eigenvalue weighted by Gasteiger charge is 2.35. The molecule has 1 amide bonds. The van der Waals surface area contributed by atoms with E-state index in [9.17, 15) is 14.7 Å². The molecule has 29 heavy (non-hydrogen) atoms. The summed E-state index contributed by atoms with van der Waals surface area (Å²) in [6.45, 7) is 3.93. The average molecular weight is 395 g/mol. The SMILES string of the molecule is Cc1ccccc1[C@H]1COc2cc(C(=O)O)ccc2CN1C(=O)C1CCOCC1. The Morgan fingerprint density at radius 2 is 1.86 bits per heavy atom. The summed E-state index contributed by atoms with van der Waals surface area (Å²) in [4.78, 5) is 26.8. The van der Waals surface area contributed by atoms with Gasteiger partial charge in [0.1, 0.15) is 12.4 Å². The molecular formula is C23H25NO5. The van der Waals surface area contributed by atoms with Gasteiger partial charge in [-0.1, -0.05) is 30.3 Å². The fourth-order valence-corrected chi connectivity index (χ4v) is 4.13. The molecular weight excluding hydrogens is 370 g/mol. The van der Waals surface area contributed by atoms with Crippen molar-refractivity contribution >= 4 is 11.9 Å². The van der Waals surface area contributed by atoms with Crippen LogP contribution in [0.15, 0.2) is 42.5 Å². The lowest BCUT2D eigenvalue weighted by Gasteiger charge is -2.34.